The molecule has 0 aliphatic rings. The SMILES string of the molecule is CCOc1cc(-c2ccc(O)cc2)cc(=[O+]CC)c2c(C)oc(C)c12.[O-][Cl+3]([O-])([O-])[O-]. The quantitative estimate of drug-likeness (QED) is 0.563. The first-order chi connectivity index (χ1) is 14.0. The van der Waals surface area contributed by atoms with Crippen molar-refractivity contribution in [2.24, 2.45) is 0 Å². The minimum atomic E-state index is -4.94. The van der Waals surface area contributed by atoms with E-state index in [-0.39, 0.29) is 5.75 Å². The molecule has 0 saturated carbocycles. The van der Waals surface area contributed by atoms with Crippen molar-refractivity contribution < 1.29 is 43.1 Å². The average Bonchev–Trinajstić information content (AvgIpc) is 2.82. The smallest absolute Gasteiger partial charge is 0.355 e. The zero-order valence-electron chi connectivity index (χ0n) is 17.1. The monoisotopic (exact) mass is 438 g/mol. The van der Waals surface area contributed by atoms with Gasteiger partial charge in [0.25, 0.3) is 6.61 Å². The number of aromatic hydroxyl groups is 1. The van der Waals surface area contributed by atoms with Crippen molar-refractivity contribution in [1.29, 1.82) is 0 Å². The number of rotatable bonds is 4. The van der Waals surface area contributed by atoms with Crippen LogP contribution in [0.25, 0.3) is 21.9 Å². The van der Waals surface area contributed by atoms with Gasteiger partial charge in [-0.2, -0.15) is 0 Å². The molecule has 3 aromatic rings. The van der Waals surface area contributed by atoms with E-state index in [2.05, 4.69) is 0 Å². The lowest BCUT2D eigenvalue weighted by Crippen LogP contribution is -2.68. The van der Waals surface area contributed by atoms with E-state index in [0.29, 0.717) is 13.2 Å². The molecule has 1 N–H and O–H groups in total. The summed E-state index contributed by atoms with van der Waals surface area (Å²) in [6.45, 7) is 8.92. The summed E-state index contributed by atoms with van der Waals surface area (Å²) in [5, 5.41) is 11.4. The Kier molecular flexibility index (Phi) is 7.83. The zero-order chi connectivity index (χ0) is 22.5. The van der Waals surface area contributed by atoms with Gasteiger partial charge in [0.05, 0.1) is 18.1 Å². The maximum Gasteiger partial charge on any atom is 0.355 e. The fraction of sp³-hybridized carbons (Fsp3) is 0.286. The van der Waals surface area contributed by atoms with Crippen molar-refractivity contribution in [3.63, 3.8) is 0 Å². The summed E-state index contributed by atoms with van der Waals surface area (Å²) in [5.74, 6) is 2.62. The summed E-state index contributed by atoms with van der Waals surface area (Å²) in [6.07, 6.45) is 0. The number of benzene rings is 1. The first-order valence-corrected chi connectivity index (χ1v) is 10.4. The Morgan fingerprint density at radius 1 is 0.933 bits per heavy atom. The lowest BCUT2D eigenvalue weighted by Gasteiger charge is -2.17. The third kappa shape index (κ3) is 6.19. The second-order valence-electron chi connectivity index (χ2n) is 6.23. The highest BCUT2D eigenvalue weighted by Crippen LogP contribution is 2.33. The number of furan rings is 1. The fourth-order valence-corrected chi connectivity index (χ4v) is 3.10. The predicted molar refractivity (Wildman–Crippen MR) is 101 cm³/mol. The lowest BCUT2D eigenvalue weighted by atomic mass is 10.1. The van der Waals surface area contributed by atoms with Crippen LogP contribution in [0.1, 0.15) is 25.4 Å². The van der Waals surface area contributed by atoms with E-state index in [1.165, 1.54) is 0 Å². The van der Waals surface area contributed by atoms with Crippen molar-refractivity contribution in [1.82, 2.24) is 0 Å². The standard InChI is InChI=1S/C21H22O4.ClHO4/c1-5-23-18-11-16(15-7-9-17(22)10-8-15)12-19(24-6-2)21-14(4)25-13(3)20(18)21;2-1(3,4)5/h7-12H,5-6H2,1-4H3;(H,2,3,4,5). The van der Waals surface area contributed by atoms with Gasteiger partial charge in [0.1, 0.15) is 28.4 Å². The molecule has 0 amide bonds. The zero-order valence-corrected chi connectivity index (χ0v) is 17.8. The molecule has 1 aromatic heterocycles. The van der Waals surface area contributed by atoms with Gasteiger partial charge in [-0.1, -0.05) is 12.1 Å². The van der Waals surface area contributed by atoms with E-state index < -0.39 is 10.2 Å². The van der Waals surface area contributed by atoms with Crippen molar-refractivity contribution in [3.05, 3.63) is 57.8 Å². The van der Waals surface area contributed by atoms with Crippen LogP contribution in [0.2, 0.25) is 0 Å². The molecule has 0 radical (unpaired) electrons. The van der Waals surface area contributed by atoms with Crippen molar-refractivity contribution in [3.8, 4) is 22.6 Å². The van der Waals surface area contributed by atoms with Gasteiger partial charge >= 0.3 is 5.43 Å². The van der Waals surface area contributed by atoms with Gasteiger partial charge in [-0.05, 0) is 50.1 Å². The molecule has 162 valence electrons. The maximum atomic E-state index is 9.56. The van der Waals surface area contributed by atoms with Gasteiger partial charge in [-0.3, -0.25) is 4.42 Å². The number of halogens is 1. The van der Waals surface area contributed by atoms with E-state index in [0.717, 1.165) is 44.6 Å². The molecule has 3 rings (SSSR count). The van der Waals surface area contributed by atoms with Crippen molar-refractivity contribution >= 4 is 10.8 Å². The number of fused-ring (bicyclic) bond motifs is 1. The number of ether oxygens (including phenoxy) is 1. The number of phenolic OH excluding ortho intramolecular Hbond substituents is 1. The largest absolute Gasteiger partial charge is 0.508 e. The van der Waals surface area contributed by atoms with Gasteiger partial charge in [-0.25, -0.2) is 18.6 Å². The molecular formula is C21H23ClO8. The second-order valence-corrected chi connectivity index (χ2v) is 6.98. The molecular weight excluding hydrogens is 416 g/mol. The Bertz CT molecular complexity index is 1060. The summed E-state index contributed by atoms with van der Waals surface area (Å²) >= 11 is 0. The Hall–Kier alpha value is -2.62. The highest BCUT2D eigenvalue weighted by Gasteiger charge is 2.19. The molecule has 0 fully saturated rings. The highest BCUT2D eigenvalue weighted by molar-refractivity contribution is 5.93. The van der Waals surface area contributed by atoms with Crippen molar-refractivity contribution in [2.75, 3.05) is 13.2 Å². The molecule has 2 aromatic carbocycles. The van der Waals surface area contributed by atoms with Gasteiger partial charge < -0.3 is 14.3 Å². The molecule has 0 aliphatic carbocycles. The van der Waals surface area contributed by atoms with Gasteiger partial charge in [-0.15, -0.1) is 10.2 Å². The number of hydrogen-bond donors (Lipinski definition) is 1. The van der Waals surface area contributed by atoms with E-state index in [9.17, 15) is 5.11 Å². The lowest BCUT2D eigenvalue weighted by molar-refractivity contribution is -2.00. The Balaban J connectivity index is 0.000000575. The van der Waals surface area contributed by atoms with Crippen LogP contribution in [-0.2, 0) is 0 Å². The van der Waals surface area contributed by atoms with Crippen LogP contribution >= 0.6 is 0 Å². The third-order valence-corrected chi connectivity index (χ3v) is 4.13. The van der Waals surface area contributed by atoms with Gasteiger partial charge in [0.2, 0.25) is 0 Å². The van der Waals surface area contributed by atoms with Crippen LogP contribution in [0.4, 0.5) is 0 Å². The van der Waals surface area contributed by atoms with E-state index >= 15 is 0 Å². The van der Waals surface area contributed by atoms with E-state index in [4.69, 9.17) is 32.2 Å². The van der Waals surface area contributed by atoms with Crippen LogP contribution < -0.4 is 28.8 Å². The molecule has 0 aliphatic heterocycles. The molecule has 0 saturated heterocycles. The summed E-state index contributed by atoms with van der Waals surface area (Å²) in [7, 11) is -4.94. The Morgan fingerprint density at radius 3 is 2.03 bits per heavy atom. The molecule has 0 atom stereocenters. The summed E-state index contributed by atoms with van der Waals surface area (Å²) in [5.41, 5.74) is 2.70. The van der Waals surface area contributed by atoms with Crippen LogP contribution in [0, 0.1) is 24.1 Å². The minimum absolute atomic E-state index is 0.239. The van der Waals surface area contributed by atoms with Crippen LogP contribution in [0.3, 0.4) is 0 Å². The molecule has 8 nitrogen and oxygen atoms in total. The minimum Gasteiger partial charge on any atom is -0.508 e. The van der Waals surface area contributed by atoms with Crippen LogP contribution in [0.5, 0.6) is 11.5 Å². The third-order valence-electron chi connectivity index (χ3n) is 4.13. The van der Waals surface area contributed by atoms with E-state index in [1.807, 2.05) is 52.0 Å². The highest BCUT2D eigenvalue weighted by atomic mass is 35.7. The molecule has 0 spiro atoms. The van der Waals surface area contributed by atoms with Crippen LogP contribution in [0.15, 0.2) is 45.2 Å². The predicted octanol–water partition coefficient (Wildman–Crippen LogP) is -0.0193. The maximum absolute atomic E-state index is 9.56. The summed E-state index contributed by atoms with van der Waals surface area (Å²) in [4.78, 5) is 0. The normalized spacial score (nSPS) is 11.9. The number of aryl methyl sites for hydroxylation is 2. The summed E-state index contributed by atoms with van der Waals surface area (Å²) < 4.78 is 51.7. The summed E-state index contributed by atoms with van der Waals surface area (Å²) in [6, 6.07) is 11.1. The Labute approximate surface area is 175 Å². The molecule has 30 heavy (non-hydrogen) atoms. The number of hydrogen-bond acceptors (Lipinski definition) is 7. The molecule has 0 bridgehead atoms. The number of phenols is 1. The topological polar surface area (TPSA) is 146 Å². The molecule has 1 heterocycles. The Morgan fingerprint density at radius 2 is 1.50 bits per heavy atom. The van der Waals surface area contributed by atoms with Crippen molar-refractivity contribution in [2.45, 2.75) is 27.7 Å². The van der Waals surface area contributed by atoms with E-state index in [1.54, 1.807) is 12.1 Å². The first-order valence-electron chi connectivity index (χ1n) is 9.12. The average molecular weight is 439 g/mol. The van der Waals surface area contributed by atoms with Crippen LogP contribution in [-0.4, -0.2) is 18.3 Å². The second kappa shape index (κ2) is 9.92. The molecule has 0 unspecified atom stereocenters. The first kappa shape index (κ1) is 23.7. The fourth-order valence-electron chi connectivity index (χ4n) is 3.10. The molecule has 9 heteroatoms. The van der Waals surface area contributed by atoms with Gasteiger partial charge in [0.15, 0.2) is 0 Å². The van der Waals surface area contributed by atoms with Gasteiger partial charge in [0, 0.05) is 6.92 Å².